The zero-order valence-electron chi connectivity index (χ0n) is 5.97. The van der Waals surface area contributed by atoms with Crippen LogP contribution in [-0.2, 0) is 4.79 Å². The molecule has 3 nitrogen and oxygen atoms in total. The van der Waals surface area contributed by atoms with Crippen molar-refractivity contribution in [2.75, 3.05) is 5.32 Å². The number of halogens is 1. The predicted octanol–water partition coefficient (Wildman–Crippen LogP) is 1.64. The number of aromatic nitrogens is 1. The fraction of sp³-hybridized carbons (Fsp3) is 0.143. The van der Waals surface area contributed by atoms with Gasteiger partial charge in [0.2, 0.25) is 5.91 Å². The van der Waals surface area contributed by atoms with Crippen LogP contribution in [0.25, 0.3) is 0 Å². The molecule has 0 aliphatic carbocycles. The highest BCUT2D eigenvalue weighted by atomic mass is 127. The molecule has 58 valence electrons. The van der Waals surface area contributed by atoms with Crippen LogP contribution in [0.5, 0.6) is 0 Å². The summed E-state index contributed by atoms with van der Waals surface area (Å²) in [5.74, 6) is -0.0610. The molecular weight excluding hydrogens is 255 g/mol. The lowest BCUT2D eigenvalue weighted by atomic mass is 10.4. The highest BCUT2D eigenvalue weighted by Crippen LogP contribution is 2.14. The Labute approximate surface area is 78.4 Å². The normalized spacial score (nSPS) is 9.27. The van der Waals surface area contributed by atoms with Gasteiger partial charge in [-0.25, -0.2) is 0 Å². The van der Waals surface area contributed by atoms with Gasteiger partial charge in [0.05, 0.1) is 9.26 Å². The van der Waals surface area contributed by atoms with Crippen LogP contribution in [0.3, 0.4) is 0 Å². The first-order valence-electron chi connectivity index (χ1n) is 3.07. The van der Waals surface area contributed by atoms with E-state index >= 15 is 0 Å². The third-order valence-electron chi connectivity index (χ3n) is 1.08. The van der Waals surface area contributed by atoms with E-state index in [0.29, 0.717) is 0 Å². The average Bonchev–Trinajstić information content (AvgIpc) is 1.93. The van der Waals surface area contributed by atoms with Gasteiger partial charge in [-0.1, -0.05) is 0 Å². The third kappa shape index (κ3) is 2.45. The molecule has 0 spiro atoms. The molecule has 1 rings (SSSR count). The molecule has 1 aromatic rings. The highest BCUT2D eigenvalue weighted by molar-refractivity contribution is 14.1. The van der Waals surface area contributed by atoms with Crippen molar-refractivity contribution in [1.82, 2.24) is 4.98 Å². The molecule has 1 amide bonds. The zero-order valence-corrected chi connectivity index (χ0v) is 8.12. The second-order valence-electron chi connectivity index (χ2n) is 2.04. The molecule has 0 saturated carbocycles. The van der Waals surface area contributed by atoms with Crippen LogP contribution < -0.4 is 5.32 Å². The molecule has 1 heterocycles. The summed E-state index contributed by atoms with van der Waals surface area (Å²) < 4.78 is 0.945. The number of hydrogen-bond donors (Lipinski definition) is 1. The summed E-state index contributed by atoms with van der Waals surface area (Å²) in [4.78, 5) is 14.5. The van der Waals surface area contributed by atoms with Gasteiger partial charge in [-0.15, -0.1) is 0 Å². The zero-order chi connectivity index (χ0) is 8.27. The summed E-state index contributed by atoms with van der Waals surface area (Å²) in [5.41, 5.74) is 0.813. The summed E-state index contributed by atoms with van der Waals surface area (Å²) >= 11 is 2.12. The van der Waals surface area contributed by atoms with Gasteiger partial charge in [0.15, 0.2) is 0 Å². The van der Waals surface area contributed by atoms with Crippen molar-refractivity contribution >= 4 is 34.2 Å². The van der Waals surface area contributed by atoms with Crippen molar-refractivity contribution < 1.29 is 4.79 Å². The monoisotopic (exact) mass is 262 g/mol. The van der Waals surface area contributed by atoms with Crippen molar-refractivity contribution in [1.29, 1.82) is 0 Å². The standard InChI is InChI=1S/C7H7IN2O/c1-5(11)10-7-2-3-9-4-6(7)8/h2-4H,1H3,(H,9,10,11). The van der Waals surface area contributed by atoms with E-state index in [4.69, 9.17) is 0 Å². The summed E-state index contributed by atoms with van der Waals surface area (Å²) in [7, 11) is 0. The lowest BCUT2D eigenvalue weighted by molar-refractivity contribution is -0.114. The van der Waals surface area contributed by atoms with E-state index in [1.807, 2.05) is 0 Å². The van der Waals surface area contributed by atoms with Gasteiger partial charge in [-0.3, -0.25) is 9.78 Å². The van der Waals surface area contributed by atoms with Crippen LogP contribution in [0.15, 0.2) is 18.5 Å². The molecule has 0 radical (unpaired) electrons. The fourth-order valence-electron chi connectivity index (χ4n) is 0.666. The molecule has 1 N–H and O–H groups in total. The van der Waals surface area contributed by atoms with Crippen molar-refractivity contribution in [2.45, 2.75) is 6.92 Å². The molecule has 1 aromatic heterocycles. The molecule has 11 heavy (non-hydrogen) atoms. The van der Waals surface area contributed by atoms with Gasteiger partial charge in [-0.05, 0) is 28.7 Å². The number of hydrogen-bond acceptors (Lipinski definition) is 2. The highest BCUT2D eigenvalue weighted by Gasteiger charge is 1.98. The molecule has 0 unspecified atom stereocenters. The lowest BCUT2D eigenvalue weighted by Gasteiger charge is -2.02. The number of nitrogens with one attached hydrogen (secondary N) is 1. The van der Waals surface area contributed by atoms with Crippen molar-refractivity contribution in [3.8, 4) is 0 Å². The Balaban J connectivity index is 2.86. The van der Waals surface area contributed by atoms with E-state index < -0.39 is 0 Å². The van der Waals surface area contributed by atoms with Crippen molar-refractivity contribution in [2.24, 2.45) is 0 Å². The first-order valence-corrected chi connectivity index (χ1v) is 4.15. The van der Waals surface area contributed by atoms with Gasteiger partial charge in [-0.2, -0.15) is 0 Å². The summed E-state index contributed by atoms with van der Waals surface area (Å²) in [6, 6.07) is 1.77. The van der Waals surface area contributed by atoms with E-state index in [2.05, 4.69) is 32.9 Å². The molecule has 0 saturated heterocycles. The van der Waals surface area contributed by atoms with Gasteiger partial charge >= 0.3 is 0 Å². The van der Waals surface area contributed by atoms with E-state index in [-0.39, 0.29) is 5.91 Å². The molecule has 4 heteroatoms. The molecular formula is C7H7IN2O. The summed E-state index contributed by atoms with van der Waals surface area (Å²) in [6.07, 6.45) is 3.35. The van der Waals surface area contributed by atoms with E-state index in [1.165, 1.54) is 6.92 Å². The number of carbonyl (C=O) groups excluding carboxylic acids is 1. The van der Waals surface area contributed by atoms with E-state index in [0.717, 1.165) is 9.26 Å². The number of carbonyl (C=O) groups is 1. The maximum atomic E-state index is 10.6. The van der Waals surface area contributed by atoms with Gasteiger partial charge in [0, 0.05) is 19.3 Å². The van der Waals surface area contributed by atoms with E-state index in [1.54, 1.807) is 18.5 Å². The third-order valence-corrected chi connectivity index (χ3v) is 1.94. The minimum atomic E-state index is -0.0610. The van der Waals surface area contributed by atoms with Crippen molar-refractivity contribution in [3.05, 3.63) is 22.0 Å². The summed E-state index contributed by atoms with van der Waals surface area (Å²) in [6.45, 7) is 1.48. The molecule has 0 atom stereocenters. The predicted molar refractivity (Wildman–Crippen MR) is 51.3 cm³/mol. The average molecular weight is 262 g/mol. The Morgan fingerprint density at radius 3 is 3.00 bits per heavy atom. The molecule has 0 aromatic carbocycles. The van der Waals surface area contributed by atoms with Crippen LogP contribution in [0.2, 0.25) is 0 Å². The maximum absolute atomic E-state index is 10.6. The largest absolute Gasteiger partial charge is 0.325 e. The van der Waals surface area contributed by atoms with Crippen LogP contribution >= 0.6 is 22.6 Å². The lowest BCUT2D eigenvalue weighted by Crippen LogP contribution is -2.06. The minimum absolute atomic E-state index is 0.0610. The molecule has 0 aliphatic rings. The first kappa shape index (κ1) is 8.45. The number of anilines is 1. The van der Waals surface area contributed by atoms with Crippen LogP contribution in [0.4, 0.5) is 5.69 Å². The Hall–Kier alpha value is -0.650. The number of rotatable bonds is 1. The second kappa shape index (κ2) is 3.66. The van der Waals surface area contributed by atoms with Gasteiger partial charge < -0.3 is 5.32 Å². The minimum Gasteiger partial charge on any atom is -0.325 e. The van der Waals surface area contributed by atoms with Gasteiger partial charge in [0.25, 0.3) is 0 Å². The molecule has 0 aliphatic heterocycles. The van der Waals surface area contributed by atoms with Crippen LogP contribution in [-0.4, -0.2) is 10.9 Å². The quantitative estimate of drug-likeness (QED) is 0.782. The number of nitrogens with zero attached hydrogens (tertiary/aromatic N) is 1. The summed E-state index contributed by atoms with van der Waals surface area (Å²) in [5, 5.41) is 2.69. The van der Waals surface area contributed by atoms with Gasteiger partial charge in [0.1, 0.15) is 0 Å². The van der Waals surface area contributed by atoms with Crippen LogP contribution in [0.1, 0.15) is 6.92 Å². The molecule has 0 bridgehead atoms. The Kier molecular flexibility index (Phi) is 2.81. The topological polar surface area (TPSA) is 42.0 Å². The SMILES string of the molecule is CC(=O)Nc1ccncc1I. The first-order chi connectivity index (χ1) is 5.20. The number of amides is 1. The Morgan fingerprint density at radius 1 is 1.73 bits per heavy atom. The van der Waals surface area contributed by atoms with E-state index in [9.17, 15) is 4.79 Å². The maximum Gasteiger partial charge on any atom is 0.221 e. The smallest absolute Gasteiger partial charge is 0.221 e. The van der Waals surface area contributed by atoms with Crippen molar-refractivity contribution in [3.63, 3.8) is 0 Å². The number of pyridine rings is 1. The Morgan fingerprint density at radius 2 is 2.45 bits per heavy atom. The Bertz CT molecular complexity index is 275. The molecule has 0 fully saturated rings. The fourth-order valence-corrected chi connectivity index (χ4v) is 1.14. The second-order valence-corrected chi connectivity index (χ2v) is 3.20. The van der Waals surface area contributed by atoms with Crippen LogP contribution in [0, 0.1) is 3.57 Å².